The monoisotopic (exact) mass is 651 g/mol. The van der Waals surface area contributed by atoms with Gasteiger partial charge in [-0.1, -0.05) is 71.6 Å². The summed E-state index contributed by atoms with van der Waals surface area (Å²) in [5.74, 6) is -0.936. The second kappa shape index (κ2) is 13.7. The molecule has 0 aromatic heterocycles. The third-order valence-corrected chi connectivity index (χ3v) is 9.49. The molecule has 0 saturated carbocycles. The van der Waals surface area contributed by atoms with Crippen LogP contribution in [0.25, 0.3) is 0 Å². The van der Waals surface area contributed by atoms with Gasteiger partial charge < -0.3 is 10.2 Å². The van der Waals surface area contributed by atoms with Crippen molar-refractivity contribution in [2.45, 2.75) is 71.0 Å². The first-order chi connectivity index (χ1) is 19.5. The van der Waals surface area contributed by atoms with E-state index < -0.39 is 34.1 Å². The first-order valence-corrected chi connectivity index (χ1v) is 16.0. The van der Waals surface area contributed by atoms with E-state index in [1.807, 2.05) is 27.7 Å². The molecule has 0 aliphatic heterocycles. The summed E-state index contributed by atoms with van der Waals surface area (Å²) >= 11 is 18.8. The summed E-state index contributed by atoms with van der Waals surface area (Å²) in [6, 6.07) is 15.2. The Labute approximate surface area is 263 Å². The fourth-order valence-electron chi connectivity index (χ4n) is 4.31. The van der Waals surface area contributed by atoms with Crippen LogP contribution in [0.15, 0.2) is 65.6 Å². The van der Waals surface area contributed by atoms with Crippen molar-refractivity contribution in [3.05, 3.63) is 92.4 Å². The lowest BCUT2D eigenvalue weighted by atomic mass is 10.1. The summed E-state index contributed by atoms with van der Waals surface area (Å²) in [4.78, 5) is 29.0. The SMILES string of the molecule is CC[C@@H](C(=O)NC(C)(C)C)N(Cc1ccc(Cl)c(Cl)c1)C(=O)CN(c1ccc(C)c(Cl)c1)S(=O)(=O)c1ccc(C)cc1. The van der Waals surface area contributed by atoms with E-state index in [0.29, 0.717) is 20.6 Å². The molecule has 3 aromatic rings. The van der Waals surface area contributed by atoms with Crippen LogP contribution in [-0.2, 0) is 26.2 Å². The van der Waals surface area contributed by atoms with E-state index >= 15 is 0 Å². The Balaban J connectivity index is 2.11. The molecule has 0 saturated heterocycles. The van der Waals surface area contributed by atoms with Gasteiger partial charge in [-0.05, 0) is 88.6 Å². The van der Waals surface area contributed by atoms with E-state index in [4.69, 9.17) is 34.8 Å². The number of hydrogen-bond donors (Lipinski definition) is 1. The minimum Gasteiger partial charge on any atom is -0.350 e. The number of anilines is 1. The number of sulfonamides is 1. The third-order valence-electron chi connectivity index (χ3n) is 6.55. The lowest BCUT2D eigenvalue weighted by molar-refractivity contribution is -0.141. The van der Waals surface area contributed by atoms with Crippen LogP contribution in [0.4, 0.5) is 5.69 Å². The van der Waals surface area contributed by atoms with E-state index in [0.717, 1.165) is 15.4 Å². The molecular formula is C31H36Cl3N3O4S. The molecule has 7 nitrogen and oxygen atoms in total. The Hall–Kier alpha value is -2.78. The highest BCUT2D eigenvalue weighted by Crippen LogP contribution is 2.29. The summed E-state index contributed by atoms with van der Waals surface area (Å²) in [6.07, 6.45) is 0.288. The van der Waals surface area contributed by atoms with Crippen molar-refractivity contribution in [3.63, 3.8) is 0 Å². The molecule has 0 bridgehead atoms. The van der Waals surface area contributed by atoms with Crippen molar-refractivity contribution in [2.75, 3.05) is 10.8 Å². The summed E-state index contributed by atoms with van der Waals surface area (Å²) in [5.41, 5.74) is 1.94. The third kappa shape index (κ3) is 8.40. The predicted molar refractivity (Wildman–Crippen MR) is 171 cm³/mol. The molecule has 11 heteroatoms. The van der Waals surface area contributed by atoms with E-state index in [9.17, 15) is 18.0 Å². The fourth-order valence-corrected chi connectivity index (χ4v) is 6.21. The van der Waals surface area contributed by atoms with Crippen LogP contribution < -0.4 is 9.62 Å². The van der Waals surface area contributed by atoms with Crippen molar-refractivity contribution in [2.24, 2.45) is 0 Å². The van der Waals surface area contributed by atoms with E-state index in [2.05, 4.69) is 5.32 Å². The summed E-state index contributed by atoms with van der Waals surface area (Å²) in [7, 11) is -4.21. The Bertz CT molecular complexity index is 1550. The zero-order valence-corrected chi connectivity index (χ0v) is 27.6. The number of halogens is 3. The highest BCUT2D eigenvalue weighted by molar-refractivity contribution is 7.92. The minimum absolute atomic E-state index is 0.00113. The Kier molecular flexibility index (Phi) is 11.0. The number of carbonyl (C=O) groups is 2. The van der Waals surface area contributed by atoms with E-state index in [1.165, 1.54) is 23.1 Å². The Morgan fingerprint density at radius 1 is 0.881 bits per heavy atom. The molecule has 0 aliphatic carbocycles. The number of nitrogens with zero attached hydrogens (tertiary/aromatic N) is 2. The van der Waals surface area contributed by atoms with Crippen molar-refractivity contribution in [3.8, 4) is 0 Å². The predicted octanol–water partition coefficient (Wildman–Crippen LogP) is 7.18. The van der Waals surface area contributed by atoms with Crippen LogP contribution in [0.2, 0.25) is 15.1 Å². The Morgan fingerprint density at radius 3 is 2.07 bits per heavy atom. The van der Waals surface area contributed by atoms with E-state index in [1.54, 1.807) is 56.3 Å². The average Bonchev–Trinajstić information content (AvgIpc) is 2.90. The van der Waals surface area contributed by atoms with Gasteiger partial charge in [-0.25, -0.2) is 8.42 Å². The van der Waals surface area contributed by atoms with Crippen LogP contribution in [0.3, 0.4) is 0 Å². The fraction of sp³-hybridized carbons (Fsp3) is 0.355. The minimum atomic E-state index is -4.21. The van der Waals surface area contributed by atoms with Crippen LogP contribution >= 0.6 is 34.8 Å². The lowest BCUT2D eigenvalue weighted by Crippen LogP contribution is -2.55. The maximum Gasteiger partial charge on any atom is 0.264 e. The molecule has 0 radical (unpaired) electrons. The molecule has 0 heterocycles. The van der Waals surface area contributed by atoms with Crippen LogP contribution in [0.5, 0.6) is 0 Å². The highest BCUT2D eigenvalue weighted by Gasteiger charge is 2.34. The maximum atomic E-state index is 14.2. The first kappa shape index (κ1) is 33.7. The molecule has 2 amide bonds. The zero-order chi connectivity index (χ0) is 31.4. The van der Waals surface area contributed by atoms with Gasteiger partial charge in [0.05, 0.1) is 20.6 Å². The van der Waals surface area contributed by atoms with Crippen molar-refractivity contribution >= 4 is 62.3 Å². The van der Waals surface area contributed by atoms with Gasteiger partial charge in [-0.15, -0.1) is 0 Å². The highest BCUT2D eigenvalue weighted by atomic mass is 35.5. The lowest BCUT2D eigenvalue weighted by Gasteiger charge is -2.35. The number of benzene rings is 3. The Morgan fingerprint density at radius 2 is 1.52 bits per heavy atom. The summed E-state index contributed by atoms with van der Waals surface area (Å²) < 4.78 is 29.0. The van der Waals surface area contributed by atoms with Gasteiger partial charge in [-0.3, -0.25) is 13.9 Å². The molecule has 0 spiro atoms. The van der Waals surface area contributed by atoms with Crippen LogP contribution in [-0.4, -0.2) is 43.3 Å². The van der Waals surface area contributed by atoms with Crippen molar-refractivity contribution in [1.29, 1.82) is 0 Å². The number of nitrogens with one attached hydrogen (secondary N) is 1. The number of aryl methyl sites for hydroxylation is 2. The molecule has 0 unspecified atom stereocenters. The van der Waals surface area contributed by atoms with Gasteiger partial charge in [0.1, 0.15) is 12.6 Å². The summed E-state index contributed by atoms with van der Waals surface area (Å²) in [6.45, 7) is 10.4. The number of rotatable bonds is 10. The molecule has 1 N–H and O–H groups in total. The topological polar surface area (TPSA) is 86.8 Å². The molecule has 0 fully saturated rings. The molecule has 3 rings (SSSR count). The normalized spacial score (nSPS) is 12.5. The number of amides is 2. The van der Waals surface area contributed by atoms with Crippen LogP contribution in [0, 0.1) is 13.8 Å². The maximum absolute atomic E-state index is 14.2. The average molecular weight is 653 g/mol. The van der Waals surface area contributed by atoms with Gasteiger partial charge in [-0.2, -0.15) is 0 Å². The zero-order valence-electron chi connectivity index (χ0n) is 24.5. The first-order valence-electron chi connectivity index (χ1n) is 13.4. The van der Waals surface area contributed by atoms with Gasteiger partial charge >= 0.3 is 0 Å². The van der Waals surface area contributed by atoms with Gasteiger partial charge in [0, 0.05) is 17.1 Å². The van der Waals surface area contributed by atoms with Gasteiger partial charge in [0.15, 0.2) is 0 Å². The second-order valence-electron chi connectivity index (χ2n) is 11.2. The quantitative estimate of drug-likeness (QED) is 0.251. The molecule has 42 heavy (non-hydrogen) atoms. The number of carbonyl (C=O) groups excluding carboxylic acids is 2. The molecule has 3 aromatic carbocycles. The summed E-state index contributed by atoms with van der Waals surface area (Å²) in [5, 5.41) is 3.94. The van der Waals surface area contributed by atoms with Crippen molar-refractivity contribution in [1.82, 2.24) is 10.2 Å². The van der Waals surface area contributed by atoms with E-state index in [-0.39, 0.29) is 29.5 Å². The molecule has 1 atom stereocenters. The second-order valence-corrected chi connectivity index (χ2v) is 14.3. The number of hydrogen-bond acceptors (Lipinski definition) is 4. The van der Waals surface area contributed by atoms with Crippen molar-refractivity contribution < 1.29 is 18.0 Å². The standard InChI is InChI=1S/C31H36Cl3N3O4S/c1-7-28(30(39)35-31(4,5)6)36(18-22-11-15-25(32)27(34)16-22)29(38)19-37(23-12-10-21(3)26(33)17-23)42(40,41)24-13-8-20(2)9-14-24/h8-17,28H,7,18-19H2,1-6H3,(H,35,39)/t28-/m0/s1. The van der Waals surface area contributed by atoms with Crippen LogP contribution in [0.1, 0.15) is 50.8 Å². The van der Waals surface area contributed by atoms with Gasteiger partial charge in [0.25, 0.3) is 10.0 Å². The molecular weight excluding hydrogens is 617 g/mol. The smallest absolute Gasteiger partial charge is 0.264 e. The molecule has 0 aliphatic rings. The largest absolute Gasteiger partial charge is 0.350 e. The van der Waals surface area contributed by atoms with Gasteiger partial charge in [0.2, 0.25) is 11.8 Å². The molecule has 226 valence electrons.